The van der Waals surface area contributed by atoms with Crippen molar-refractivity contribution in [1.82, 2.24) is 14.9 Å². The lowest BCUT2D eigenvalue weighted by molar-refractivity contribution is 0.251. The minimum atomic E-state index is -0.472. The number of benzene rings is 1. The Labute approximate surface area is 149 Å². The Morgan fingerprint density at radius 1 is 1.32 bits per heavy atom. The molecule has 0 aliphatic carbocycles. The number of carbonyl (C=O) groups is 1. The van der Waals surface area contributed by atoms with E-state index in [9.17, 15) is 19.1 Å². The molecule has 0 bridgehead atoms. The normalized spacial score (nSPS) is 10.6. The van der Waals surface area contributed by atoms with Crippen molar-refractivity contribution in [3.8, 4) is 5.88 Å². The SMILES string of the molecule is O=C(NCc1cccc(F)c1)Nc1nc(Cn2c(O)csc2=O)cs1. The summed E-state index contributed by atoms with van der Waals surface area (Å²) in [6, 6.07) is 5.47. The largest absolute Gasteiger partial charge is 0.494 e. The Kier molecular flexibility index (Phi) is 5.10. The van der Waals surface area contributed by atoms with E-state index >= 15 is 0 Å². The quantitative estimate of drug-likeness (QED) is 0.634. The molecule has 0 saturated carbocycles. The fourth-order valence-corrected chi connectivity index (χ4v) is 3.35. The third-order valence-electron chi connectivity index (χ3n) is 3.20. The molecule has 2 heterocycles. The predicted molar refractivity (Wildman–Crippen MR) is 93.7 cm³/mol. The van der Waals surface area contributed by atoms with Crippen molar-refractivity contribution < 1.29 is 14.3 Å². The van der Waals surface area contributed by atoms with Crippen molar-refractivity contribution >= 4 is 33.8 Å². The first kappa shape index (κ1) is 17.1. The summed E-state index contributed by atoms with van der Waals surface area (Å²) >= 11 is 2.10. The van der Waals surface area contributed by atoms with Crippen LogP contribution in [0, 0.1) is 5.82 Å². The average Bonchev–Trinajstić information content (AvgIpc) is 3.15. The fraction of sp³-hybridized carbons (Fsp3) is 0.133. The van der Waals surface area contributed by atoms with Gasteiger partial charge in [-0.05, 0) is 17.7 Å². The van der Waals surface area contributed by atoms with Crippen LogP contribution in [0.2, 0.25) is 0 Å². The summed E-state index contributed by atoms with van der Waals surface area (Å²) in [5.74, 6) is -0.485. The molecule has 2 aromatic heterocycles. The number of halogens is 1. The monoisotopic (exact) mass is 380 g/mol. The van der Waals surface area contributed by atoms with Crippen molar-refractivity contribution in [1.29, 1.82) is 0 Å². The van der Waals surface area contributed by atoms with Gasteiger partial charge in [-0.2, -0.15) is 0 Å². The molecule has 3 N–H and O–H groups in total. The zero-order chi connectivity index (χ0) is 17.8. The smallest absolute Gasteiger partial charge is 0.321 e. The predicted octanol–water partition coefficient (Wildman–Crippen LogP) is 2.58. The second-order valence-corrected chi connectivity index (χ2v) is 6.71. The van der Waals surface area contributed by atoms with Crippen molar-refractivity contribution in [3.05, 3.63) is 61.8 Å². The second kappa shape index (κ2) is 7.45. The van der Waals surface area contributed by atoms with Crippen LogP contribution in [0.5, 0.6) is 5.88 Å². The Bertz CT molecular complexity index is 950. The number of hydrogen-bond acceptors (Lipinski definition) is 6. The number of aromatic hydroxyl groups is 1. The Balaban J connectivity index is 1.56. The van der Waals surface area contributed by atoms with E-state index in [1.54, 1.807) is 17.5 Å². The lowest BCUT2D eigenvalue weighted by Gasteiger charge is -2.05. The molecule has 130 valence electrons. The van der Waals surface area contributed by atoms with Crippen LogP contribution in [0.15, 0.2) is 39.8 Å². The molecule has 0 saturated heterocycles. The molecule has 0 unspecified atom stereocenters. The first-order valence-corrected chi connectivity index (χ1v) is 8.88. The van der Waals surface area contributed by atoms with Crippen molar-refractivity contribution in [2.45, 2.75) is 13.1 Å². The first-order chi connectivity index (χ1) is 12.0. The lowest BCUT2D eigenvalue weighted by Crippen LogP contribution is -2.28. The summed E-state index contributed by atoms with van der Waals surface area (Å²) in [6.07, 6.45) is 0. The van der Waals surface area contributed by atoms with Gasteiger partial charge in [0, 0.05) is 11.9 Å². The van der Waals surface area contributed by atoms with E-state index in [2.05, 4.69) is 15.6 Å². The van der Waals surface area contributed by atoms with Gasteiger partial charge in [0.2, 0.25) is 5.88 Å². The third-order valence-corrected chi connectivity index (χ3v) is 4.75. The maximum absolute atomic E-state index is 13.1. The van der Waals surface area contributed by atoms with E-state index in [1.165, 1.54) is 33.4 Å². The molecule has 0 aliphatic rings. The molecule has 10 heteroatoms. The van der Waals surface area contributed by atoms with Crippen LogP contribution in [0.25, 0.3) is 0 Å². The summed E-state index contributed by atoms with van der Waals surface area (Å²) in [4.78, 5) is 27.3. The highest BCUT2D eigenvalue weighted by Crippen LogP contribution is 2.18. The minimum absolute atomic E-state index is 0.120. The second-order valence-electron chi connectivity index (χ2n) is 5.03. The molecule has 25 heavy (non-hydrogen) atoms. The van der Waals surface area contributed by atoms with E-state index in [0.717, 1.165) is 11.3 Å². The lowest BCUT2D eigenvalue weighted by atomic mass is 10.2. The first-order valence-electron chi connectivity index (χ1n) is 7.12. The highest BCUT2D eigenvalue weighted by molar-refractivity contribution is 7.13. The number of carbonyl (C=O) groups excluding carboxylic acids is 1. The summed E-state index contributed by atoms with van der Waals surface area (Å²) in [5, 5.41) is 18.2. The van der Waals surface area contributed by atoms with Gasteiger partial charge in [0.15, 0.2) is 5.13 Å². The number of nitrogens with one attached hydrogen (secondary N) is 2. The molecule has 0 fully saturated rings. The van der Waals surface area contributed by atoms with E-state index in [1.807, 2.05) is 0 Å². The minimum Gasteiger partial charge on any atom is -0.494 e. The number of thiazole rings is 2. The highest BCUT2D eigenvalue weighted by atomic mass is 32.1. The Morgan fingerprint density at radius 2 is 2.16 bits per heavy atom. The zero-order valence-electron chi connectivity index (χ0n) is 12.7. The third kappa shape index (κ3) is 4.43. The van der Waals surface area contributed by atoms with Gasteiger partial charge in [0.25, 0.3) is 0 Å². The Hall–Kier alpha value is -2.72. The Morgan fingerprint density at radius 3 is 2.88 bits per heavy atom. The maximum Gasteiger partial charge on any atom is 0.321 e. The van der Waals surface area contributed by atoms with E-state index in [-0.39, 0.29) is 29.7 Å². The van der Waals surface area contributed by atoms with E-state index in [4.69, 9.17) is 0 Å². The van der Waals surface area contributed by atoms with Crippen LogP contribution in [0.4, 0.5) is 14.3 Å². The number of anilines is 1. The topological polar surface area (TPSA) is 96.2 Å². The number of nitrogens with zero attached hydrogens (tertiary/aromatic N) is 2. The molecule has 2 amide bonds. The van der Waals surface area contributed by atoms with Gasteiger partial charge in [0.1, 0.15) is 5.82 Å². The maximum atomic E-state index is 13.1. The van der Waals surface area contributed by atoms with Crippen LogP contribution in [-0.2, 0) is 13.1 Å². The van der Waals surface area contributed by atoms with Crippen LogP contribution >= 0.6 is 22.7 Å². The standard InChI is InChI=1S/C15H13FN4O3S2/c16-10-3-1-2-9(4-10)5-17-13(22)19-14-18-11(7-24-14)6-20-12(21)8-25-15(20)23/h1-4,7-8,21H,5-6H2,(H2,17,18,19,22). The summed E-state index contributed by atoms with van der Waals surface area (Å²) in [7, 11) is 0. The van der Waals surface area contributed by atoms with Gasteiger partial charge < -0.3 is 10.4 Å². The molecule has 0 radical (unpaired) electrons. The zero-order valence-corrected chi connectivity index (χ0v) is 14.4. The van der Waals surface area contributed by atoms with E-state index in [0.29, 0.717) is 16.4 Å². The molecular formula is C15H13FN4O3S2. The molecule has 0 atom stereocenters. The highest BCUT2D eigenvalue weighted by Gasteiger charge is 2.10. The molecule has 3 aromatic rings. The number of amides is 2. The fourth-order valence-electron chi connectivity index (χ4n) is 2.04. The van der Waals surface area contributed by atoms with Crippen LogP contribution in [-0.4, -0.2) is 20.7 Å². The molecule has 7 nitrogen and oxygen atoms in total. The van der Waals surface area contributed by atoms with Crippen LogP contribution in [0.3, 0.4) is 0 Å². The van der Waals surface area contributed by atoms with Gasteiger partial charge in [0.05, 0.1) is 17.6 Å². The van der Waals surface area contributed by atoms with Gasteiger partial charge in [-0.15, -0.1) is 11.3 Å². The molecule has 3 rings (SSSR count). The van der Waals surface area contributed by atoms with Crippen molar-refractivity contribution in [2.75, 3.05) is 5.32 Å². The number of hydrogen-bond donors (Lipinski definition) is 3. The van der Waals surface area contributed by atoms with E-state index < -0.39 is 6.03 Å². The molecule has 1 aromatic carbocycles. The van der Waals surface area contributed by atoms with Crippen molar-refractivity contribution in [2.24, 2.45) is 0 Å². The number of aromatic nitrogens is 2. The molecule has 0 aliphatic heterocycles. The molecule has 0 spiro atoms. The number of rotatable bonds is 5. The van der Waals surface area contributed by atoms with Gasteiger partial charge in [-0.3, -0.25) is 14.7 Å². The van der Waals surface area contributed by atoms with Crippen molar-refractivity contribution in [3.63, 3.8) is 0 Å². The number of urea groups is 1. The summed E-state index contributed by atoms with van der Waals surface area (Å²) < 4.78 is 14.3. The van der Waals surface area contributed by atoms with Crippen LogP contribution in [0.1, 0.15) is 11.3 Å². The average molecular weight is 380 g/mol. The van der Waals surface area contributed by atoms with Gasteiger partial charge in [-0.25, -0.2) is 14.2 Å². The molecular weight excluding hydrogens is 367 g/mol. The van der Waals surface area contributed by atoms with Crippen LogP contribution < -0.4 is 15.5 Å². The summed E-state index contributed by atoms with van der Waals surface area (Å²) in [6.45, 7) is 0.303. The summed E-state index contributed by atoms with van der Waals surface area (Å²) in [5.41, 5.74) is 1.18. The van der Waals surface area contributed by atoms with Gasteiger partial charge >= 0.3 is 10.9 Å². The van der Waals surface area contributed by atoms with Gasteiger partial charge in [-0.1, -0.05) is 23.5 Å².